The fourth-order valence-corrected chi connectivity index (χ4v) is 2.78. The highest BCUT2D eigenvalue weighted by Gasteiger charge is 2.27. The van der Waals surface area contributed by atoms with Crippen molar-refractivity contribution in [3.63, 3.8) is 0 Å². The predicted molar refractivity (Wildman–Crippen MR) is 110 cm³/mol. The molecule has 1 heterocycles. The molecule has 0 fully saturated rings. The Bertz CT molecular complexity index is 924. The number of amides is 2. The van der Waals surface area contributed by atoms with E-state index in [4.69, 9.17) is 11.5 Å². The molecule has 0 aliphatic heterocycles. The van der Waals surface area contributed by atoms with Gasteiger partial charge in [0.1, 0.15) is 17.7 Å². The van der Waals surface area contributed by atoms with E-state index in [1.54, 1.807) is 19.1 Å². The van der Waals surface area contributed by atoms with Crippen LogP contribution in [0.4, 0.5) is 19.0 Å². The molecular formula is C21H26F3N5O2. The van der Waals surface area contributed by atoms with Crippen molar-refractivity contribution < 1.29 is 22.8 Å². The zero-order chi connectivity index (χ0) is 23.1. The normalized spacial score (nSPS) is 13.9. The minimum Gasteiger partial charge on any atom is -0.384 e. The molecule has 1 unspecified atom stereocenters. The number of benzene rings is 1. The average molecular weight is 437 g/mol. The van der Waals surface area contributed by atoms with Gasteiger partial charge in [0, 0.05) is 25.2 Å². The highest BCUT2D eigenvalue weighted by atomic mass is 19.2. The van der Waals surface area contributed by atoms with Crippen LogP contribution in [0.2, 0.25) is 0 Å². The number of pyridine rings is 1. The van der Waals surface area contributed by atoms with Crippen molar-refractivity contribution in [3.05, 3.63) is 59.0 Å². The van der Waals surface area contributed by atoms with Crippen LogP contribution in [0.5, 0.6) is 0 Å². The van der Waals surface area contributed by atoms with Gasteiger partial charge in [-0.15, -0.1) is 0 Å². The van der Waals surface area contributed by atoms with Crippen LogP contribution < -0.4 is 22.1 Å². The Labute approximate surface area is 178 Å². The second-order valence-electron chi connectivity index (χ2n) is 7.34. The van der Waals surface area contributed by atoms with Crippen LogP contribution in [-0.2, 0) is 22.6 Å². The van der Waals surface area contributed by atoms with Crippen molar-refractivity contribution in [1.82, 2.24) is 15.6 Å². The van der Waals surface area contributed by atoms with Gasteiger partial charge >= 0.3 is 0 Å². The molecule has 6 N–H and O–H groups in total. The summed E-state index contributed by atoms with van der Waals surface area (Å²) in [5, 5.41) is 5.10. The van der Waals surface area contributed by atoms with E-state index in [1.165, 1.54) is 6.20 Å². The zero-order valence-electron chi connectivity index (χ0n) is 17.3. The average Bonchev–Trinajstić information content (AvgIpc) is 2.74. The number of nitrogens with two attached hydrogens (primary N) is 2. The fraction of sp³-hybridized carbons (Fsp3) is 0.381. The van der Waals surface area contributed by atoms with E-state index in [0.29, 0.717) is 29.9 Å². The zero-order valence-corrected chi connectivity index (χ0v) is 17.3. The second-order valence-corrected chi connectivity index (χ2v) is 7.34. The maximum Gasteiger partial charge on any atom is 0.243 e. The van der Waals surface area contributed by atoms with Gasteiger partial charge in [-0.05, 0) is 29.2 Å². The van der Waals surface area contributed by atoms with Gasteiger partial charge in [-0.3, -0.25) is 9.59 Å². The molecule has 0 spiro atoms. The molecule has 3 atom stereocenters. The van der Waals surface area contributed by atoms with E-state index < -0.39 is 47.8 Å². The number of nitrogen functional groups attached to an aromatic ring is 1. The van der Waals surface area contributed by atoms with E-state index in [9.17, 15) is 22.8 Å². The van der Waals surface area contributed by atoms with Crippen molar-refractivity contribution in [2.75, 3.05) is 5.73 Å². The summed E-state index contributed by atoms with van der Waals surface area (Å²) >= 11 is 0. The van der Waals surface area contributed by atoms with Gasteiger partial charge in [0.15, 0.2) is 11.6 Å². The third-order valence-corrected chi connectivity index (χ3v) is 5.02. The van der Waals surface area contributed by atoms with Crippen LogP contribution in [0, 0.1) is 23.4 Å². The number of halogens is 3. The number of nitrogens with one attached hydrogen (secondary N) is 2. The van der Waals surface area contributed by atoms with Gasteiger partial charge < -0.3 is 22.1 Å². The van der Waals surface area contributed by atoms with Crippen LogP contribution in [-0.4, -0.2) is 28.9 Å². The number of anilines is 1. The van der Waals surface area contributed by atoms with Crippen LogP contribution in [0.3, 0.4) is 0 Å². The number of hydrogen-bond donors (Lipinski definition) is 4. The molecule has 0 bridgehead atoms. The summed E-state index contributed by atoms with van der Waals surface area (Å²) in [5.74, 6) is -4.73. The van der Waals surface area contributed by atoms with Crippen molar-refractivity contribution in [2.45, 2.75) is 45.3 Å². The van der Waals surface area contributed by atoms with Crippen LogP contribution in [0.1, 0.15) is 31.4 Å². The summed E-state index contributed by atoms with van der Waals surface area (Å²) in [6, 6.07) is 2.12. The third kappa shape index (κ3) is 6.68. The summed E-state index contributed by atoms with van der Waals surface area (Å²) in [6.45, 7) is 3.71. The van der Waals surface area contributed by atoms with Crippen LogP contribution in [0.25, 0.3) is 0 Å². The summed E-state index contributed by atoms with van der Waals surface area (Å²) in [7, 11) is 0. The molecule has 31 heavy (non-hydrogen) atoms. The first kappa shape index (κ1) is 24.1. The van der Waals surface area contributed by atoms with Crippen molar-refractivity contribution in [1.29, 1.82) is 0 Å². The first-order valence-corrected chi connectivity index (χ1v) is 9.79. The van der Waals surface area contributed by atoms with Gasteiger partial charge in [0.25, 0.3) is 0 Å². The largest absolute Gasteiger partial charge is 0.384 e. The van der Waals surface area contributed by atoms with Crippen molar-refractivity contribution >= 4 is 17.6 Å². The third-order valence-electron chi connectivity index (χ3n) is 5.02. The summed E-state index contributed by atoms with van der Waals surface area (Å²) in [4.78, 5) is 29.2. The lowest BCUT2D eigenvalue weighted by Gasteiger charge is -2.23. The summed E-state index contributed by atoms with van der Waals surface area (Å²) in [6.07, 6.45) is 1.71. The molecule has 2 amide bonds. The fourth-order valence-electron chi connectivity index (χ4n) is 2.78. The second kappa shape index (κ2) is 10.8. The van der Waals surface area contributed by atoms with E-state index in [2.05, 4.69) is 15.6 Å². The Kier molecular flexibility index (Phi) is 8.38. The van der Waals surface area contributed by atoms with E-state index in [1.807, 2.05) is 6.92 Å². The summed E-state index contributed by atoms with van der Waals surface area (Å²) in [5.41, 5.74) is 11.8. The Hall–Kier alpha value is -3.14. The molecule has 1 aromatic heterocycles. The lowest BCUT2D eigenvalue weighted by molar-refractivity contribution is -0.130. The van der Waals surface area contributed by atoms with E-state index >= 15 is 0 Å². The molecule has 0 aliphatic rings. The minimum absolute atomic E-state index is 0.0656. The Morgan fingerprint density at radius 1 is 1.10 bits per heavy atom. The lowest BCUT2D eigenvalue weighted by Crippen LogP contribution is -2.54. The molecule has 1 aromatic carbocycles. The van der Waals surface area contributed by atoms with E-state index in [0.717, 1.165) is 0 Å². The van der Waals surface area contributed by atoms with Gasteiger partial charge in [-0.25, -0.2) is 18.2 Å². The number of aromatic nitrogens is 1. The number of rotatable bonds is 9. The molecule has 7 nitrogen and oxygen atoms in total. The Balaban J connectivity index is 2.19. The highest BCUT2D eigenvalue weighted by Crippen LogP contribution is 2.16. The topological polar surface area (TPSA) is 123 Å². The van der Waals surface area contributed by atoms with Crippen molar-refractivity contribution in [2.24, 2.45) is 11.7 Å². The first-order valence-electron chi connectivity index (χ1n) is 9.79. The molecule has 0 radical (unpaired) electrons. The van der Waals surface area contributed by atoms with Gasteiger partial charge in [0.05, 0.1) is 6.04 Å². The SMILES string of the molecule is CCC(C)[C@@H](N)C(=O)N[C@@H](Cc1cc(F)c(F)cc1F)C(=O)NCc1ccc(N)nc1. The molecule has 2 rings (SSSR count). The smallest absolute Gasteiger partial charge is 0.243 e. The lowest BCUT2D eigenvalue weighted by atomic mass is 9.98. The first-order chi connectivity index (χ1) is 14.6. The molecule has 0 aliphatic carbocycles. The molecule has 168 valence electrons. The Morgan fingerprint density at radius 3 is 2.39 bits per heavy atom. The quantitative estimate of drug-likeness (QED) is 0.446. The van der Waals surface area contributed by atoms with Gasteiger partial charge in [-0.1, -0.05) is 26.3 Å². The minimum atomic E-state index is -1.35. The monoisotopic (exact) mass is 437 g/mol. The van der Waals surface area contributed by atoms with Gasteiger partial charge in [-0.2, -0.15) is 0 Å². The number of nitrogens with zero attached hydrogens (tertiary/aromatic N) is 1. The molecule has 0 saturated carbocycles. The molecular weight excluding hydrogens is 411 g/mol. The van der Waals surface area contributed by atoms with Crippen molar-refractivity contribution in [3.8, 4) is 0 Å². The van der Waals surface area contributed by atoms with Crippen LogP contribution >= 0.6 is 0 Å². The standard InChI is InChI=1S/C21H26F3N5O2/c1-3-11(2)19(26)21(31)29-17(7-13-6-15(23)16(24)8-14(13)22)20(30)28-10-12-4-5-18(25)27-9-12/h4-6,8-9,11,17,19H,3,7,10,26H2,1-2H3,(H2,25,27)(H,28,30)(H,29,31)/t11?,17-,19+/m0/s1. The predicted octanol–water partition coefficient (Wildman–Crippen LogP) is 1.80. The van der Waals surface area contributed by atoms with E-state index in [-0.39, 0.29) is 18.0 Å². The summed E-state index contributed by atoms with van der Waals surface area (Å²) < 4.78 is 41.0. The maximum absolute atomic E-state index is 14.1. The number of hydrogen-bond acceptors (Lipinski definition) is 5. The van der Waals surface area contributed by atoms with Gasteiger partial charge in [0.2, 0.25) is 11.8 Å². The molecule has 10 heteroatoms. The molecule has 0 saturated heterocycles. The number of carbonyl (C=O) groups excluding carboxylic acids is 2. The maximum atomic E-state index is 14.1. The van der Waals surface area contributed by atoms with Crippen LogP contribution in [0.15, 0.2) is 30.5 Å². The Morgan fingerprint density at radius 2 is 1.77 bits per heavy atom. The number of carbonyl (C=O) groups is 2. The highest BCUT2D eigenvalue weighted by molar-refractivity contribution is 5.90. The molecule has 2 aromatic rings.